The van der Waals surface area contributed by atoms with Gasteiger partial charge in [-0.05, 0) is 118 Å². The molecule has 0 aliphatic rings. The number of nitrogens with two attached hydrogens (primary N) is 1. The molecule has 18 nitrogen and oxygen atoms in total. The summed E-state index contributed by atoms with van der Waals surface area (Å²) in [4.78, 5) is 67.9. The van der Waals surface area contributed by atoms with Gasteiger partial charge in [0.05, 0.1) is 85.8 Å². The van der Waals surface area contributed by atoms with Crippen molar-refractivity contribution in [2.45, 2.75) is 135 Å². The minimum Gasteiger partial charge on any atom is -1.00 e. The van der Waals surface area contributed by atoms with Crippen LogP contribution in [-0.4, -0.2) is 127 Å². The van der Waals surface area contributed by atoms with Crippen LogP contribution in [0.4, 0.5) is 39.5 Å². The molecule has 0 bridgehead atoms. The second kappa shape index (κ2) is 57.7. The molecule has 2 aromatic heterocycles. The quantitative estimate of drug-likeness (QED) is 0.00426. The Bertz CT molecular complexity index is 4500. The Morgan fingerprint density at radius 1 is 0.508 bits per heavy atom. The molecule has 2 heterocycles. The molecule has 0 spiro atoms. The average molecular weight is 1800 g/mol. The Balaban J connectivity index is 0.000000746. The molecular weight excluding hydrogens is 1710 g/mol. The zero-order valence-corrected chi connectivity index (χ0v) is 69.7. The largest absolute Gasteiger partial charge is 1.00 e. The Hall–Kier alpha value is -7.44. The average Bonchev–Trinajstić information content (AvgIpc) is 1.72. The van der Waals surface area contributed by atoms with Crippen molar-refractivity contribution >= 4 is 128 Å². The number of ketones is 2. The fourth-order valence-corrected chi connectivity index (χ4v) is 11.9. The van der Waals surface area contributed by atoms with Crippen molar-refractivity contribution in [3.63, 3.8) is 0 Å². The Kier molecular flexibility index (Phi) is 52.2. The minimum atomic E-state index is -4.40. The van der Waals surface area contributed by atoms with Crippen molar-refractivity contribution in [3.8, 4) is 21.1 Å². The van der Waals surface area contributed by atoms with Gasteiger partial charge in [0.1, 0.15) is 32.1 Å². The van der Waals surface area contributed by atoms with Crippen LogP contribution in [0.2, 0.25) is 0 Å². The summed E-state index contributed by atoms with van der Waals surface area (Å²) in [7, 11) is 4.81. The maximum absolute atomic E-state index is 12.8. The van der Waals surface area contributed by atoms with Crippen molar-refractivity contribution < 1.29 is 130 Å². The van der Waals surface area contributed by atoms with Gasteiger partial charge in [0, 0.05) is 77.3 Å². The standard InChI is InChI=1S/C23H22F3NO3S.C21H20F3NO2S.C15H19ClO4.C15H20O4.C8H6F3NS.Al.Cl2O2S.Li.4H/c1-2-30-22(28)20-19(9-6-14-29-15-16-7-4-3-5-8-16)27-21(31-20)17-10-12-18(13-11-17)23(24,25)26;22-21(23,24)17-10-8-16(9-11-17)20-25-18(19(13-26)28-20)7-4-12-27-14-15-5-2-1-3-6-15;1-2-20-15(18)14(16)13(17)9-6-10-19-11-12-7-4-3-5-8-12;1-2-19-15(17)11-14(16)9-6-10-18-12-13-7-4-3-5-8-13;9-8(10,11)6-3-1-5(2-4-6)7(12)13;;1-5(2,3)4;;;;;/h3-5,7-8,10-13H,2,6,9,14-15H2,1H3;1-3,5-6,8-11,26H,4,7,12-14H2;3-5,7-8,14H,2,6,9-11H2,1H3;3-5,7-8H,2,6,9-12H2,1H3;1-4H,(H2,12,13);;;;;;;/q;;;;;;;+1;;;;-1. The minimum absolute atomic E-state index is 0. The second-order valence-electron chi connectivity index (χ2n) is 24.2. The maximum Gasteiger partial charge on any atom is 1.00 e. The van der Waals surface area contributed by atoms with Gasteiger partial charge in [-0.2, -0.15) is 47.9 Å². The summed E-state index contributed by atoms with van der Waals surface area (Å²) < 4.78 is 168. The van der Waals surface area contributed by atoms with Crippen LogP contribution < -0.4 is 24.6 Å². The summed E-state index contributed by atoms with van der Waals surface area (Å²) in [5.41, 5.74) is 10.4. The van der Waals surface area contributed by atoms with Gasteiger partial charge in [0.25, 0.3) is 0 Å². The molecule has 36 heteroatoms. The molecule has 0 radical (unpaired) electrons. The molecule has 0 saturated heterocycles. The summed E-state index contributed by atoms with van der Waals surface area (Å²) >= 11 is 12.7. The zero-order chi connectivity index (χ0) is 85.5. The number of aryl methyl sites for hydroxylation is 2. The maximum atomic E-state index is 12.8. The molecule has 1 atom stereocenters. The number of alkyl halides is 10. The zero-order valence-electron chi connectivity index (χ0n) is 65.2. The first-order valence-corrected chi connectivity index (χ1v) is 41.4. The van der Waals surface area contributed by atoms with Gasteiger partial charge >= 0.3 is 63.6 Å². The number of thiocarbonyl (C=S) groups is 1. The topological polar surface area (TPSA) is 256 Å². The molecular formula is C82H91AlCl3F9LiN3O15S4. The summed E-state index contributed by atoms with van der Waals surface area (Å²) in [6.45, 7) is 9.85. The number of Topliss-reactive ketones (excluding diaryl/α,β-unsaturated/α-hetero) is 2. The second-order valence-corrected chi connectivity index (χ2v) is 30.8. The third-order valence-electron chi connectivity index (χ3n) is 15.2. The van der Waals surface area contributed by atoms with E-state index in [-0.39, 0.29) is 86.9 Å². The number of halogens is 12. The van der Waals surface area contributed by atoms with Crippen LogP contribution in [0.15, 0.2) is 194 Å². The van der Waals surface area contributed by atoms with Crippen LogP contribution in [0.3, 0.4) is 0 Å². The third kappa shape index (κ3) is 44.7. The number of carbonyl (C=O) groups excluding carboxylic acids is 5. The number of carbonyl (C=O) groups is 5. The fraction of sp³-hybridized carbons (Fsp3) is 0.341. The predicted molar refractivity (Wildman–Crippen MR) is 443 cm³/mol. The number of thiazole rings is 2. The van der Waals surface area contributed by atoms with Gasteiger partial charge in [-0.25, -0.2) is 19.6 Å². The molecule has 118 heavy (non-hydrogen) atoms. The van der Waals surface area contributed by atoms with Crippen molar-refractivity contribution in [3.05, 3.63) is 260 Å². The molecule has 0 aliphatic carbocycles. The summed E-state index contributed by atoms with van der Waals surface area (Å²) in [6.07, 6.45) is -8.94. The molecule has 0 aliphatic heterocycles. The molecule has 9 rings (SSSR count). The van der Waals surface area contributed by atoms with E-state index in [2.05, 4.69) is 48.3 Å². The van der Waals surface area contributed by atoms with Crippen LogP contribution >= 0.6 is 67.9 Å². The number of hydrogen-bond acceptors (Lipinski definition) is 20. The number of benzene rings is 7. The van der Waals surface area contributed by atoms with Crippen molar-refractivity contribution in [2.75, 3.05) is 46.2 Å². The first kappa shape index (κ1) is 107. The number of rotatable bonds is 36. The van der Waals surface area contributed by atoms with Crippen molar-refractivity contribution in [1.82, 2.24) is 9.97 Å². The molecule has 1 unspecified atom stereocenters. The smallest absolute Gasteiger partial charge is 1.00 e. The molecule has 0 fully saturated rings. The number of aromatic nitrogens is 2. The number of hydrogen-bond donors (Lipinski definition) is 2. The van der Waals surface area contributed by atoms with Crippen LogP contribution in [0.1, 0.15) is 138 Å². The van der Waals surface area contributed by atoms with Crippen LogP contribution in [-0.2, 0) is 125 Å². The van der Waals surface area contributed by atoms with E-state index >= 15 is 0 Å². The van der Waals surface area contributed by atoms with Gasteiger partial charge in [0.15, 0.2) is 28.5 Å². The molecule has 0 saturated carbocycles. The van der Waals surface area contributed by atoms with E-state index < -0.39 is 66.8 Å². The monoisotopic (exact) mass is 1800 g/mol. The Morgan fingerprint density at radius 2 is 0.847 bits per heavy atom. The van der Waals surface area contributed by atoms with Gasteiger partial charge in [0.2, 0.25) is 0 Å². The van der Waals surface area contributed by atoms with E-state index in [4.69, 9.17) is 54.2 Å². The molecule has 7 aromatic carbocycles. The first-order valence-electron chi connectivity index (χ1n) is 35.8. The SMILES string of the molecule is CCOC(=O)C(Cl)C(=O)CCCOCc1ccccc1.CCOC(=O)CC(=O)CCCOCc1ccccc1.CCOC(=O)c1sc(-c2ccc(C(F)(F)F)cc2)nc1CCCOCc1ccccc1.NC(=S)c1ccc(C(F)(F)F)cc1.O=S(=O)(Cl)Cl.OCc1sc(-c2ccc(C(F)(F)F)cc2)nc1CCCOCc1ccccc1.[AlH3].[H-].[Li+]. The van der Waals surface area contributed by atoms with Gasteiger partial charge in [-0.1, -0.05) is 170 Å². The first-order chi connectivity index (χ1) is 55.1. The summed E-state index contributed by atoms with van der Waals surface area (Å²) in [5.74, 6) is -2.02. The van der Waals surface area contributed by atoms with E-state index in [0.717, 1.165) is 87.0 Å². The van der Waals surface area contributed by atoms with Crippen molar-refractivity contribution in [2.24, 2.45) is 5.73 Å². The number of esters is 3. The summed E-state index contributed by atoms with van der Waals surface area (Å²) in [6, 6.07) is 53.4. The van der Waals surface area contributed by atoms with Gasteiger partial charge < -0.3 is 45.4 Å². The van der Waals surface area contributed by atoms with Crippen LogP contribution in [0.25, 0.3) is 21.1 Å². The number of aliphatic hydroxyl groups is 1. The van der Waals surface area contributed by atoms with E-state index in [9.17, 15) is 68.6 Å². The fourth-order valence-electron chi connectivity index (χ4n) is 9.65. The summed E-state index contributed by atoms with van der Waals surface area (Å²) in [5, 5.41) is 9.46. The van der Waals surface area contributed by atoms with E-state index in [1.165, 1.54) is 47.7 Å². The molecule has 3 N–H and O–H groups in total. The van der Waals surface area contributed by atoms with E-state index in [0.29, 0.717) is 135 Å². The predicted octanol–water partition coefficient (Wildman–Crippen LogP) is 15.8. The Morgan fingerprint density at radius 3 is 1.20 bits per heavy atom. The molecule has 636 valence electrons. The number of aliphatic hydroxyl groups excluding tert-OH is 1. The molecule has 9 aromatic rings. The van der Waals surface area contributed by atoms with Crippen LogP contribution in [0, 0.1) is 0 Å². The van der Waals surface area contributed by atoms with Gasteiger partial charge in [-0.15, -0.1) is 34.3 Å². The molecule has 0 amide bonds. The normalized spacial score (nSPS) is 11.2. The number of ether oxygens (including phenoxy) is 7. The van der Waals surface area contributed by atoms with E-state index in [1.807, 2.05) is 121 Å². The third-order valence-corrected chi connectivity index (χ3v) is 18.1. The van der Waals surface area contributed by atoms with E-state index in [1.54, 1.807) is 20.8 Å². The van der Waals surface area contributed by atoms with Crippen LogP contribution in [0.5, 0.6) is 0 Å². The van der Waals surface area contributed by atoms with Crippen molar-refractivity contribution in [1.29, 1.82) is 0 Å². The van der Waals surface area contributed by atoms with Gasteiger partial charge in [-0.3, -0.25) is 14.4 Å². The Labute approximate surface area is 731 Å². The number of nitrogens with zero attached hydrogens (tertiary/aromatic N) is 2.